The van der Waals surface area contributed by atoms with Gasteiger partial charge >= 0.3 is 0 Å². The fourth-order valence-corrected chi connectivity index (χ4v) is 4.00. The Balaban J connectivity index is 1.34. The lowest BCUT2D eigenvalue weighted by Crippen LogP contribution is -2.17. The zero-order chi connectivity index (χ0) is 18.1. The van der Waals surface area contributed by atoms with Crippen molar-refractivity contribution in [3.05, 3.63) is 66.4 Å². The largest absolute Gasteiger partial charge is 0.372 e. The van der Waals surface area contributed by atoms with Crippen molar-refractivity contribution < 1.29 is 0 Å². The highest BCUT2D eigenvalue weighted by atomic mass is 15.2. The molecule has 0 amide bonds. The summed E-state index contributed by atoms with van der Waals surface area (Å²) in [6.45, 7) is 3.28. The molecular weight excluding hydrogens is 334 g/mol. The van der Waals surface area contributed by atoms with E-state index in [4.69, 9.17) is 4.98 Å². The van der Waals surface area contributed by atoms with Gasteiger partial charge in [0.2, 0.25) is 5.95 Å². The molecule has 2 aliphatic rings. The molecule has 0 bridgehead atoms. The van der Waals surface area contributed by atoms with Crippen LogP contribution in [0.25, 0.3) is 0 Å². The molecular formula is C22H23N5. The predicted octanol–water partition coefficient (Wildman–Crippen LogP) is 4.51. The predicted molar refractivity (Wildman–Crippen MR) is 110 cm³/mol. The van der Waals surface area contributed by atoms with E-state index < -0.39 is 0 Å². The van der Waals surface area contributed by atoms with Gasteiger partial charge in [0.05, 0.1) is 0 Å². The Kier molecular flexibility index (Phi) is 4.13. The minimum absolute atomic E-state index is 0.630. The Morgan fingerprint density at radius 1 is 0.852 bits per heavy atom. The highest BCUT2D eigenvalue weighted by Gasteiger charge is 2.21. The van der Waals surface area contributed by atoms with Gasteiger partial charge in [-0.2, -0.15) is 4.98 Å². The molecule has 0 unspecified atom stereocenters. The Morgan fingerprint density at radius 3 is 2.52 bits per heavy atom. The van der Waals surface area contributed by atoms with Crippen LogP contribution in [0.5, 0.6) is 0 Å². The maximum absolute atomic E-state index is 4.74. The first-order valence-electron chi connectivity index (χ1n) is 9.67. The molecule has 0 aliphatic carbocycles. The smallest absolute Gasteiger partial charge is 0.229 e. The van der Waals surface area contributed by atoms with Gasteiger partial charge in [-0.05, 0) is 61.2 Å². The molecule has 0 spiro atoms. The summed E-state index contributed by atoms with van der Waals surface area (Å²) < 4.78 is 0. The summed E-state index contributed by atoms with van der Waals surface area (Å²) in [4.78, 5) is 13.8. The van der Waals surface area contributed by atoms with Crippen molar-refractivity contribution in [1.82, 2.24) is 9.97 Å². The van der Waals surface area contributed by atoms with Crippen LogP contribution in [0.3, 0.4) is 0 Å². The van der Waals surface area contributed by atoms with Gasteiger partial charge in [0.25, 0.3) is 0 Å². The van der Waals surface area contributed by atoms with Crippen molar-refractivity contribution in [1.29, 1.82) is 0 Å². The molecule has 5 rings (SSSR count). The highest BCUT2D eigenvalue weighted by Crippen LogP contribution is 2.33. The number of nitrogens with one attached hydrogen (secondary N) is 1. The van der Waals surface area contributed by atoms with Gasteiger partial charge in [0.15, 0.2) is 0 Å². The second kappa shape index (κ2) is 6.91. The first kappa shape index (κ1) is 16.1. The molecule has 0 radical (unpaired) electrons. The zero-order valence-corrected chi connectivity index (χ0v) is 15.3. The van der Waals surface area contributed by atoms with Crippen LogP contribution in [0, 0.1) is 0 Å². The lowest BCUT2D eigenvalue weighted by Gasteiger charge is -2.19. The van der Waals surface area contributed by atoms with E-state index in [1.54, 1.807) is 0 Å². The van der Waals surface area contributed by atoms with Crippen LogP contribution in [-0.4, -0.2) is 29.6 Å². The molecule has 1 fully saturated rings. The van der Waals surface area contributed by atoms with Gasteiger partial charge in [-0.1, -0.05) is 18.2 Å². The fraction of sp³-hybridized carbons (Fsp3) is 0.273. The second-order valence-corrected chi connectivity index (χ2v) is 7.13. The number of benzene rings is 2. The summed E-state index contributed by atoms with van der Waals surface area (Å²) in [6, 6.07) is 19.1. The molecule has 1 saturated heterocycles. The minimum Gasteiger partial charge on any atom is -0.372 e. The molecule has 0 atom stereocenters. The average Bonchev–Trinajstić information content (AvgIpc) is 3.39. The molecule has 27 heavy (non-hydrogen) atoms. The van der Waals surface area contributed by atoms with Crippen molar-refractivity contribution in [2.75, 3.05) is 34.8 Å². The third-order valence-corrected chi connectivity index (χ3v) is 5.40. The molecule has 2 aliphatic heterocycles. The molecule has 3 heterocycles. The van der Waals surface area contributed by atoms with Crippen LogP contribution in [-0.2, 0) is 6.42 Å². The van der Waals surface area contributed by atoms with Gasteiger partial charge in [-0.15, -0.1) is 0 Å². The van der Waals surface area contributed by atoms with Crippen LogP contribution >= 0.6 is 0 Å². The normalized spacial score (nSPS) is 15.9. The Hall–Kier alpha value is -3.08. The van der Waals surface area contributed by atoms with E-state index in [-0.39, 0.29) is 0 Å². The SMILES string of the molecule is c1ccc2c(c1)CCN2c1ccnc(Nc2ccc(N3CCCC3)cc2)n1. The Labute approximate surface area is 159 Å². The molecule has 5 heteroatoms. The van der Waals surface area contributed by atoms with Crippen LogP contribution in [0.1, 0.15) is 18.4 Å². The molecule has 3 aromatic rings. The zero-order valence-electron chi connectivity index (χ0n) is 15.3. The summed E-state index contributed by atoms with van der Waals surface area (Å²) in [5, 5.41) is 3.34. The van der Waals surface area contributed by atoms with E-state index in [0.717, 1.165) is 37.6 Å². The maximum atomic E-state index is 4.74. The van der Waals surface area contributed by atoms with Gasteiger partial charge in [-0.3, -0.25) is 0 Å². The van der Waals surface area contributed by atoms with E-state index in [0.29, 0.717) is 5.95 Å². The van der Waals surface area contributed by atoms with E-state index in [2.05, 4.69) is 68.6 Å². The standard InChI is InChI=1S/C22H23N5/c1-2-6-20-17(5-1)12-16-27(20)21-11-13-23-22(25-21)24-18-7-9-19(10-8-18)26-14-3-4-15-26/h1-2,5-11,13H,3-4,12,14-16H2,(H,23,24,25). The third kappa shape index (κ3) is 3.21. The number of rotatable bonds is 4. The van der Waals surface area contributed by atoms with Gasteiger partial charge in [0, 0.05) is 42.9 Å². The van der Waals surface area contributed by atoms with E-state index in [1.165, 1.54) is 29.8 Å². The van der Waals surface area contributed by atoms with Gasteiger partial charge in [-0.25, -0.2) is 4.98 Å². The Bertz CT molecular complexity index is 931. The van der Waals surface area contributed by atoms with Crippen LogP contribution in [0.2, 0.25) is 0 Å². The number of nitrogens with zero attached hydrogens (tertiary/aromatic N) is 4. The van der Waals surface area contributed by atoms with Crippen molar-refractivity contribution in [3.8, 4) is 0 Å². The van der Waals surface area contributed by atoms with E-state index in [9.17, 15) is 0 Å². The Morgan fingerprint density at radius 2 is 1.67 bits per heavy atom. The summed E-state index contributed by atoms with van der Waals surface area (Å²) in [6.07, 6.45) is 5.46. The van der Waals surface area contributed by atoms with Crippen LogP contribution in [0.15, 0.2) is 60.8 Å². The second-order valence-electron chi connectivity index (χ2n) is 7.13. The van der Waals surface area contributed by atoms with Crippen molar-refractivity contribution >= 4 is 28.8 Å². The van der Waals surface area contributed by atoms with Gasteiger partial charge in [0.1, 0.15) is 5.82 Å². The summed E-state index contributed by atoms with van der Waals surface area (Å²) in [7, 11) is 0. The van der Waals surface area contributed by atoms with Crippen LogP contribution in [0.4, 0.5) is 28.8 Å². The molecule has 2 aromatic carbocycles. The number of para-hydroxylation sites is 1. The first-order chi connectivity index (χ1) is 13.4. The highest BCUT2D eigenvalue weighted by molar-refractivity contribution is 5.68. The lowest BCUT2D eigenvalue weighted by atomic mass is 10.2. The molecule has 1 aromatic heterocycles. The lowest BCUT2D eigenvalue weighted by molar-refractivity contribution is 0.949. The quantitative estimate of drug-likeness (QED) is 0.744. The average molecular weight is 357 g/mol. The summed E-state index contributed by atoms with van der Waals surface area (Å²) in [5.74, 6) is 1.57. The molecule has 5 nitrogen and oxygen atoms in total. The topological polar surface area (TPSA) is 44.3 Å². The monoisotopic (exact) mass is 357 g/mol. The maximum Gasteiger partial charge on any atom is 0.229 e. The van der Waals surface area contributed by atoms with Crippen LogP contribution < -0.4 is 15.1 Å². The molecule has 0 saturated carbocycles. The van der Waals surface area contributed by atoms with E-state index >= 15 is 0 Å². The number of fused-ring (bicyclic) bond motifs is 1. The number of aromatic nitrogens is 2. The fourth-order valence-electron chi connectivity index (χ4n) is 4.00. The van der Waals surface area contributed by atoms with Crippen molar-refractivity contribution in [2.45, 2.75) is 19.3 Å². The molecule has 1 N–H and O–H groups in total. The van der Waals surface area contributed by atoms with E-state index in [1.807, 2.05) is 12.3 Å². The number of anilines is 5. The molecule has 136 valence electrons. The first-order valence-corrected chi connectivity index (χ1v) is 9.67. The summed E-state index contributed by atoms with van der Waals surface area (Å²) in [5.41, 5.74) is 4.93. The third-order valence-electron chi connectivity index (χ3n) is 5.40. The number of hydrogen-bond acceptors (Lipinski definition) is 5. The van der Waals surface area contributed by atoms with Gasteiger partial charge < -0.3 is 15.1 Å². The summed E-state index contributed by atoms with van der Waals surface area (Å²) >= 11 is 0. The minimum atomic E-state index is 0.630. The number of hydrogen-bond donors (Lipinski definition) is 1. The van der Waals surface area contributed by atoms with Crippen molar-refractivity contribution in [3.63, 3.8) is 0 Å². The van der Waals surface area contributed by atoms with Crippen molar-refractivity contribution in [2.24, 2.45) is 0 Å².